The lowest BCUT2D eigenvalue weighted by atomic mass is 10.1. The number of ketones is 1. The van der Waals surface area contributed by atoms with Crippen LogP contribution in [0.3, 0.4) is 0 Å². The van der Waals surface area contributed by atoms with E-state index in [0.29, 0.717) is 16.9 Å². The molecule has 4 heteroatoms. The third kappa shape index (κ3) is 2.43. The quantitative estimate of drug-likeness (QED) is 0.857. The Morgan fingerprint density at radius 2 is 2.00 bits per heavy atom. The minimum Gasteiger partial charge on any atom is -0.478 e. The molecule has 0 unspecified atom stereocenters. The second-order valence-electron chi connectivity index (χ2n) is 4.87. The van der Waals surface area contributed by atoms with Gasteiger partial charge in [-0.05, 0) is 48.4 Å². The molecule has 104 valence electrons. The third-order valence-electron chi connectivity index (χ3n) is 3.26. The summed E-state index contributed by atoms with van der Waals surface area (Å²) in [5.74, 6) is -0.447. The van der Waals surface area contributed by atoms with Crippen molar-refractivity contribution in [3.05, 3.63) is 70.5 Å². The number of aromatic carboxylic acids is 1. The van der Waals surface area contributed by atoms with Crippen LogP contribution in [0.25, 0.3) is 6.08 Å². The number of aryl methyl sites for hydroxylation is 1. The van der Waals surface area contributed by atoms with Crippen LogP contribution in [0, 0.1) is 6.92 Å². The van der Waals surface area contributed by atoms with Crippen LogP contribution in [0.2, 0.25) is 0 Å². The van der Waals surface area contributed by atoms with Gasteiger partial charge in [0.05, 0.1) is 11.1 Å². The molecule has 21 heavy (non-hydrogen) atoms. The molecule has 0 saturated carbocycles. The Balaban J connectivity index is 1.97. The van der Waals surface area contributed by atoms with Crippen LogP contribution >= 0.6 is 0 Å². The summed E-state index contributed by atoms with van der Waals surface area (Å²) >= 11 is 0. The molecule has 3 rings (SSSR count). The molecule has 0 saturated heterocycles. The number of carboxylic acids is 1. The highest BCUT2D eigenvalue weighted by molar-refractivity contribution is 6.14. The first-order chi connectivity index (χ1) is 10.0. The fraction of sp³-hybridized carbons (Fsp3) is 0.0588. The maximum atomic E-state index is 12.2. The predicted octanol–water partition coefficient (Wildman–Crippen LogP) is 3.31. The van der Waals surface area contributed by atoms with Gasteiger partial charge in [0.2, 0.25) is 5.78 Å². The van der Waals surface area contributed by atoms with E-state index >= 15 is 0 Å². The standard InChI is InChI=1S/C17H12O4/c1-10-5-6-13-14(7-10)21-15(16(13)18)9-11-3-2-4-12(8-11)17(19)20/h2-9H,1H3,(H,19,20)/b15-9-. The Morgan fingerprint density at radius 3 is 2.76 bits per heavy atom. The molecule has 0 aliphatic carbocycles. The summed E-state index contributed by atoms with van der Waals surface area (Å²) in [4.78, 5) is 23.2. The van der Waals surface area contributed by atoms with Crippen LogP contribution in [0.1, 0.15) is 31.8 Å². The number of carbonyl (C=O) groups excluding carboxylic acids is 1. The van der Waals surface area contributed by atoms with Gasteiger partial charge in [0, 0.05) is 0 Å². The summed E-state index contributed by atoms with van der Waals surface area (Å²) in [6.45, 7) is 1.92. The fourth-order valence-electron chi connectivity index (χ4n) is 2.21. The first kappa shape index (κ1) is 13.1. The van der Waals surface area contributed by atoms with Crippen molar-refractivity contribution >= 4 is 17.8 Å². The summed E-state index contributed by atoms with van der Waals surface area (Å²) in [5.41, 5.74) is 2.32. The van der Waals surface area contributed by atoms with Crippen molar-refractivity contribution in [1.82, 2.24) is 0 Å². The zero-order valence-electron chi connectivity index (χ0n) is 11.3. The lowest BCUT2D eigenvalue weighted by Crippen LogP contribution is -1.99. The van der Waals surface area contributed by atoms with Crippen molar-refractivity contribution in [2.75, 3.05) is 0 Å². The minimum atomic E-state index is -1.01. The Labute approximate surface area is 121 Å². The molecule has 1 heterocycles. The van der Waals surface area contributed by atoms with Gasteiger partial charge in [-0.15, -0.1) is 0 Å². The number of carbonyl (C=O) groups is 2. The highest BCUT2D eigenvalue weighted by Gasteiger charge is 2.27. The molecule has 2 aromatic rings. The Morgan fingerprint density at radius 1 is 1.19 bits per heavy atom. The van der Waals surface area contributed by atoms with Crippen molar-refractivity contribution in [2.45, 2.75) is 6.92 Å². The van der Waals surface area contributed by atoms with Gasteiger partial charge in [0.25, 0.3) is 0 Å². The van der Waals surface area contributed by atoms with Crippen molar-refractivity contribution in [1.29, 1.82) is 0 Å². The third-order valence-corrected chi connectivity index (χ3v) is 3.26. The van der Waals surface area contributed by atoms with Crippen LogP contribution in [-0.4, -0.2) is 16.9 Å². The van der Waals surface area contributed by atoms with Crippen molar-refractivity contribution < 1.29 is 19.4 Å². The smallest absolute Gasteiger partial charge is 0.335 e. The summed E-state index contributed by atoms with van der Waals surface area (Å²) in [5, 5.41) is 8.98. The van der Waals surface area contributed by atoms with Crippen molar-refractivity contribution in [2.24, 2.45) is 0 Å². The summed E-state index contributed by atoms with van der Waals surface area (Å²) in [6.07, 6.45) is 1.56. The zero-order valence-corrected chi connectivity index (χ0v) is 11.3. The van der Waals surface area contributed by atoms with Crippen molar-refractivity contribution in [3.63, 3.8) is 0 Å². The van der Waals surface area contributed by atoms with E-state index < -0.39 is 5.97 Å². The van der Waals surface area contributed by atoms with Crippen LogP contribution < -0.4 is 4.74 Å². The summed E-state index contributed by atoms with van der Waals surface area (Å²) in [6, 6.07) is 11.8. The number of hydrogen-bond donors (Lipinski definition) is 1. The topological polar surface area (TPSA) is 63.6 Å². The molecule has 0 fully saturated rings. The van der Waals surface area contributed by atoms with Gasteiger partial charge in [-0.2, -0.15) is 0 Å². The lowest BCUT2D eigenvalue weighted by molar-refractivity contribution is 0.0696. The molecule has 0 atom stereocenters. The Hall–Kier alpha value is -2.88. The van der Waals surface area contributed by atoms with E-state index in [1.807, 2.05) is 19.1 Å². The van der Waals surface area contributed by atoms with E-state index in [0.717, 1.165) is 5.56 Å². The van der Waals surface area contributed by atoms with E-state index in [9.17, 15) is 9.59 Å². The number of rotatable bonds is 2. The van der Waals surface area contributed by atoms with Gasteiger partial charge >= 0.3 is 5.97 Å². The average molecular weight is 280 g/mol. The maximum absolute atomic E-state index is 12.2. The molecule has 1 aliphatic rings. The molecule has 0 bridgehead atoms. The van der Waals surface area contributed by atoms with Crippen LogP contribution in [0.5, 0.6) is 5.75 Å². The first-order valence-corrected chi connectivity index (χ1v) is 6.43. The van der Waals surface area contributed by atoms with E-state index in [-0.39, 0.29) is 17.1 Å². The molecule has 2 aromatic carbocycles. The number of benzene rings is 2. The minimum absolute atomic E-state index is 0.170. The monoisotopic (exact) mass is 280 g/mol. The molecule has 0 aromatic heterocycles. The molecule has 4 nitrogen and oxygen atoms in total. The molecular weight excluding hydrogens is 268 g/mol. The van der Waals surface area contributed by atoms with Crippen LogP contribution in [0.4, 0.5) is 0 Å². The Kier molecular flexibility index (Phi) is 3.06. The van der Waals surface area contributed by atoms with E-state index in [1.54, 1.807) is 24.3 Å². The molecule has 0 amide bonds. The molecular formula is C17H12O4. The zero-order chi connectivity index (χ0) is 15.0. The normalized spacial score (nSPS) is 14.9. The average Bonchev–Trinajstić information content (AvgIpc) is 2.75. The van der Waals surface area contributed by atoms with Gasteiger partial charge in [-0.1, -0.05) is 18.2 Å². The van der Waals surface area contributed by atoms with Crippen LogP contribution in [-0.2, 0) is 0 Å². The highest BCUT2D eigenvalue weighted by atomic mass is 16.5. The number of ether oxygens (including phenoxy) is 1. The largest absolute Gasteiger partial charge is 0.478 e. The molecule has 1 aliphatic heterocycles. The van der Waals surface area contributed by atoms with E-state index in [4.69, 9.17) is 9.84 Å². The Bertz CT molecular complexity index is 787. The van der Waals surface area contributed by atoms with E-state index in [1.165, 1.54) is 12.1 Å². The SMILES string of the molecule is Cc1ccc2c(c1)O/C(=C\c1cccc(C(=O)O)c1)C2=O. The number of hydrogen-bond acceptors (Lipinski definition) is 3. The van der Waals surface area contributed by atoms with Gasteiger partial charge in [0.1, 0.15) is 5.75 Å². The predicted molar refractivity (Wildman–Crippen MR) is 77.5 cm³/mol. The summed E-state index contributed by atoms with van der Waals surface area (Å²) in [7, 11) is 0. The van der Waals surface area contributed by atoms with Gasteiger partial charge in [0.15, 0.2) is 5.76 Å². The number of fused-ring (bicyclic) bond motifs is 1. The lowest BCUT2D eigenvalue weighted by Gasteiger charge is -2.00. The summed E-state index contributed by atoms with van der Waals surface area (Å²) < 4.78 is 5.57. The molecule has 1 N–H and O–H groups in total. The fourth-order valence-corrected chi connectivity index (χ4v) is 2.21. The molecule has 0 spiro atoms. The van der Waals surface area contributed by atoms with Gasteiger partial charge in [-0.25, -0.2) is 4.79 Å². The number of allylic oxidation sites excluding steroid dienone is 1. The second kappa shape index (κ2) is 4.90. The molecule has 0 radical (unpaired) electrons. The second-order valence-corrected chi connectivity index (χ2v) is 4.87. The number of Topliss-reactive ketones (excluding diaryl/α,β-unsaturated/α-hetero) is 1. The van der Waals surface area contributed by atoms with Crippen LogP contribution in [0.15, 0.2) is 48.2 Å². The maximum Gasteiger partial charge on any atom is 0.335 e. The van der Waals surface area contributed by atoms with Gasteiger partial charge in [-0.3, -0.25) is 4.79 Å². The van der Waals surface area contributed by atoms with E-state index in [2.05, 4.69) is 0 Å². The van der Waals surface area contributed by atoms with Crippen molar-refractivity contribution in [3.8, 4) is 5.75 Å². The number of carboxylic acid groups (broad SMARTS) is 1. The van der Waals surface area contributed by atoms with Gasteiger partial charge < -0.3 is 9.84 Å². The first-order valence-electron chi connectivity index (χ1n) is 6.43. The highest BCUT2D eigenvalue weighted by Crippen LogP contribution is 2.32.